The summed E-state index contributed by atoms with van der Waals surface area (Å²) in [5, 5.41) is 0. The molecule has 1 heterocycles. The lowest BCUT2D eigenvalue weighted by atomic mass is 9.53. The quantitative estimate of drug-likeness (QED) is 0.248. The summed E-state index contributed by atoms with van der Waals surface area (Å²) in [5.74, 6) is -3.22. The number of imide groups is 1. The zero-order chi connectivity index (χ0) is 25.3. The number of amides is 2. The van der Waals surface area contributed by atoms with Gasteiger partial charge < -0.3 is 9.47 Å². The van der Waals surface area contributed by atoms with Crippen molar-refractivity contribution in [2.75, 3.05) is 13.2 Å². The molecule has 1 saturated heterocycles. The highest BCUT2D eigenvalue weighted by atomic mass is 32.2. The van der Waals surface area contributed by atoms with Gasteiger partial charge in [0.05, 0.1) is 21.8 Å². The van der Waals surface area contributed by atoms with Crippen molar-refractivity contribution in [2.45, 2.75) is 45.4 Å². The van der Waals surface area contributed by atoms with Gasteiger partial charge in [-0.1, -0.05) is 27.4 Å². The first-order chi connectivity index (χ1) is 15.7. The molecule has 3 unspecified atom stereocenters. The van der Waals surface area contributed by atoms with E-state index in [4.69, 9.17) is 9.47 Å². The molecule has 34 heavy (non-hydrogen) atoms. The number of carbonyl (C=O) groups is 4. The van der Waals surface area contributed by atoms with Gasteiger partial charge in [-0.25, -0.2) is 18.0 Å². The van der Waals surface area contributed by atoms with Crippen LogP contribution in [0.5, 0.6) is 0 Å². The van der Waals surface area contributed by atoms with Crippen molar-refractivity contribution < 1.29 is 37.1 Å². The number of benzene rings is 1. The molecule has 1 aromatic carbocycles. The molecule has 9 nitrogen and oxygen atoms in total. The lowest BCUT2D eigenvalue weighted by molar-refractivity contribution is -0.165. The largest absolute Gasteiger partial charge is 0.459 e. The smallest absolute Gasteiger partial charge is 0.338 e. The summed E-state index contributed by atoms with van der Waals surface area (Å²) in [7, 11) is -4.45. The van der Waals surface area contributed by atoms with E-state index in [1.165, 1.54) is 19.1 Å². The van der Waals surface area contributed by atoms with Crippen LogP contribution in [-0.2, 0) is 33.9 Å². The molecule has 2 amide bonds. The highest BCUT2D eigenvalue weighted by Crippen LogP contribution is 2.86. The number of carbonyl (C=O) groups excluding carboxylic acids is 4. The topological polar surface area (TPSA) is 124 Å². The Kier molecular flexibility index (Phi) is 5.32. The predicted molar refractivity (Wildman–Crippen MR) is 119 cm³/mol. The Morgan fingerprint density at radius 2 is 1.65 bits per heavy atom. The van der Waals surface area contributed by atoms with Crippen LogP contribution in [0.15, 0.2) is 41.3 Å². The highest BCUT2D eigenvalue weighted by Gasteiger charge is 2.89. The van der Waals surface area contributed by atoms with Crippen LogP contribution in [0, 0.1) is 22.2 Å². The SMILES string of the molecule is C=C(C)C(=O)OCCOC(=O)c1ccc(S(=O)(=O)N2C(=O)C3C(C)(C)C34CCC4(C)C2=O)cc1. The molecule has 2 aliphatic carbocycles. The number of rotatable bonds is 7. The van der Waals surface area contributed by atoms with Crippen molar-refractivity contribution in [1.82, 2.24) is 4.31 Å². The molecular weight excluding hydrogens is 462 g/mol. The molecule has 0 bridgehead atoms. The van der Waals surface area contributed by atoms with E-state index in [1.54, 1.807) is 6.92 Å². The van der Waals surface area contributed by atoms with Crippen molar-refractivity contribution in [3.63, 3.8) is 0 Å². The van der Waals surface area contributed by atoms with Crippen LogP contribution >= 0.6 is 0 Å². The zero-order valence-corrected chi connectivity index (χ0v) is 20.4. The van der Waals surface area contributed by atoms with Crippen LogP contribution < -0.4 is 0 Å². The summed E-state index contributed by atoms with van der Waals surface area (Å²) in [4.78, 5) is 49.7. The Balaban J connectivity index is 1.48. The Bertz CT molecular complexity index is 1230. The second kappa shape index (κ2) is 7.49. The Morgan fingerprint density at radius 1 is 1.06 bits per heavy atom. The van der Waals surface area contributed by atoms with Gasteiger partial charge in [0.1, 0.15) is 13.2 Å². The minimum atomic E-state index is -4.45. The number of esters is 2. The Morgan fingerprint density at radius 3 is 2.18 bits per heavy atom. The average Bonchev–Trinajstić information content (AvgIpc) is 3.33. The van der Waals surface area contributed by atoms with Gasteiger partial charge in [0.25, 0.3) is 10.0 Å². The molecule has 0 radical (unpaired) electrons. The van der Waals surface area contributed by atoms with Gasteiger partial charge >= 0.3 is 11.9 Å². The number of sulfonamides is 1. The third kappa shape index (κ3) is 3.00. The van der Waals surface area contributed by atoms with Gasteiger partial charge in [0, 0.05) is 11.0 Å². The first-order valence-corrected chi connectivity index (χ1v) is 12.4. The van der Waals surface area contributed by atoms with E-state index in [9.17, 15) is 27.6 Å². The van der Waals surface area contributed by atoms with Gasteiger partial charge in [0.15, 0.2) is 0 Å². The van der Waals surface area contributed by atoms with E-state index in [-0.39, 0.29) is 29.2 Å². The first-order valence-electron chi connectivity index (χ1n) is 11.0. The summed E-state index contributed by atoms with van der Waals surface area (Å²) < 4.78 is 36.9. The van der Waals surface area contributed by atoms with Crippen LogP contribution in [0.1, 0.15) is 50.9 Å². The Labute approximate surface area is 198 Å². The molecule has 0 N–H and O–H groups in total. The van der Waals surface area contributed by atoms with E-state index < -0.39 is 55.9 Å². The molecule has 1 aliphatic heterocycles. The summed E-state index contributed by atoms with van der Waals surface area (Å²) in [6.07, 6.45) is 1.27. The van der Waals surface area contributed by atoms with Gasteiger partial charge in [-0.15, -0.1) is 0 Å². The minimum Gasteiger partial charge on any atom is -0.459 e. The minimum absolute atomic E-state index is 0.0646. The van der Waals surface area contributed by atoms with Crippen molar-refractivity contribution in [2.24, 2.45) is 22.2 Å². The molecule has 3 aliphatic rings. The fourth-order valence-electron chi connectivity index (χ4n) is 5.95. The third-order valence-electron chi connectivity index (χ3n) is 7.91. The maximum absolute atomic E-state index is 13.3. The maximum atomic E-state index is 13.3. The lowest BCUT2D eigenvalue weighted by Crippen LogP contribution is -2.62. The molecule has 3 atom stereocenters. The number of hydrogen-bond donors (Lipinski definition) is 0. The van der Waals surface area contributed by atoms with Gasteiger partial charge in [-0.2, -0.15) is 4.31 Å². The normalized spacial score (nSPS) is 28.8. The predicted octanol–water partition coefficient (Wildman–Crippen LogP) is 2.46. The number of piperidine rings is 1. The van der Waals surface area contributed by atoms with Gasteiger partial charge in [-0.3, -0.25) is 9.59 Å². The van der Waals surface area contributed by atoms with Crippen molar-refractivity contribution in [1.29, 1.82) is 0 Å². The van der Waals surface area contributed by atoms with Crippen LogP contribution in [0.3, 0.4) is 0 Å². The van der Waals surface area contributed by atoms with Crippen LogP contribution in [0.4, 0.5) is 0 Å². The Hall–Kier alpha value is -3.01. The molecular formula is C24H27NO8S. The number of nitrogens with zero attached hydrogens (tertiary/aromatic N) is 1. The van der Waals surface area contributed by atoms with E-state index in [2.05, 4.69) is 6.58 Å². The summed E-state index contributed by atoms with van der Waals surface area (Å²) >= 11 is 0. The summed E-state index contributed by atoms with van der Waals surface area (Å²) in [6.45, 7) is 10.2. The zero-order valence-electron chi connectivity index (χ0n) is 19.5. The third-order valence-corrected chi connectivity index (χ3v) is 9.61. The average molecular weight is 490 g/mol. The van der Waals surface area contributed by atoms with Gasteiger partial charge in [0.2, 0.25) is 11.8 Å². The van der Waals surface area contributed by atoms with Gasteiger partial charge in [-0.05, 0) is 49.4 Å². The number of ether oxygens (including phenoxy) is 2. The molecule has 1 spiro atoms. The molecule has 3 fully saturated rings. The second-order valence-corrected chi connectivity index (χ2v) is 11.7. The highest BCUT2D eigenvalue weighted by molar-refractivity contribution is 7.90. The van der Waals surface area contributed by atoms with Crippen molar-refractivity contribution in [3.05, 3.63) is 42.0 Å². The van der Waals surface area contributed by atoms with E-state index >= 15 is 0 Å². The molecule has 0 aromatic heterocycles. The van der Waals surface area contributed by atoms with Crippen LogP contribution in [0.25, 0.3) is 0 Å². The molecule has 10 heteroatoms. The van der Waals surface area contributed by atoms with Crippen LogP contribution in [-0.4, -0.2) is 49.7 Å². The fourth-order valence-corrected chi connectivity index (χ4v) is 7.40. The molecule has 2 saturated carbocycles. The maximum Gasteiger partial charge on any atom is 0.338 e. The standard InChI is InChI=1S/C24H27NO8S/c1-14(2)19(27)32-12-13-33-20(28)15-6-8-16(9-7-15)34(30,31)25-18(26)17-22(3,4)24(17)11-10-23(24,5)21(25)29/h6-9,17H,1,10-13H2,2-5H3. The second-order valence-electron chi connectivity index (χ2n) is 9.95. The van der Waals surface area contributed by atoms with E-state index in [0.29, 0.717) is 10.7 Å². The van der Waals surface area contributed by atoms with E-state index in [1.807, 2.05) is 13.8 Å². The molecule has 1 aromatic rings. The fraction of sp³-hybridized carbons (Fsp3) is 0.500. The van der Waals surface area contributed by atoms with E-state index in [0.717, 1.165) is 18.6 Å². The summed E-state index contributed by atoms with van der Waals surface area (Å²) in [5.41, 5.74) is -1.51. The first kappa shape index (κ1) is 24.1. The lowest BCUT2D eigenvalue weighted by Gasteiger charge is -2.52. The molecule has 4 rings (SSSR count). The van der Waals surface area contributed by atoms with Crippen LogP contribution in [0.2, 0.25) is 0 Å². The molecule has 182 valence electrons. The van der Waals surface area contributed by atoms with Crippen molar-refractivity contribution in [3.8, 4) is 0 Å². The van der Waals surface area contributed by atoms with Crippen molar-refractivity contribution >= 4 is 33.8 Å². The number of hydrogen-bond acceptors (Lipinski definition) is 8. The summed E-state index contributed by atoms with van der Waals surface area (Å²) in [6, 6.07) is 4.81. The monoisotopic (exact) mass is 489 g/mol.